The largest absolute Gasteiger partial charge is 0.484 e. The first-order valence-corrected chi connectivity index (χ1v) is 8.52. The van der Waals surface area contributed by atoms with Crippen molar-refractivity contribution < 1.29 is 18.7 Å². The Hall–Kier alpha value is -3.22. The lowest BCUT2D eigenvalue weighted by atomic mass is 10.1. The summed E-state index contributed by atoms with van der Waals surface area (Å²) >= 11 is 0. The SMILES string of the molecule is CC(C)CC(=O)N/N=C\c1ccc(OCC(=O)Nc2ccc(F)cc2)cc1. The molecule has 2 aromatic rings. The second-order valence-corrected chi connectivity index (χ2v) is 6.30. The molecule has 0 radical (unpaired) electrons. The van der Waals surface area contributed by atoms with Crippen molar-refractivity contribution in [3.05, 3.63) is 59.9 Å². The number of hydrogen-bond acceptors (Lipinski definition) is 4. The van der Waals surface area contributed by atoms with Crippen molar-refractivity contribution >= 4 is 23.7 Å². The molecular weight excluding hydrogens is 349 g/mol. The molecule has 2 amide bonds. The lowest BCUT2D eigenvalue weighted by Gasteiger charge is -2.07. The van der Waals surface area contributed by atoms with Gasteiger partial charge in [0.05, 0.1) is 6.21 Å². The number of carbonyl (C=O) groups excluding carboxylic acids is 2. The van der Waals surface area contributed by atoms with Gasteiger partial charge in [0.25, 0.3) is 5.91 Å². The molecule has 0 aromatic heterocycles. The quantitative estimate of drug-likeness (QED) is 0.552. The molecule has 0 bridgehead atoms. The molecule has 0 fully saturated rings. The van der Waals surface area contributed by atoms with Crippen molar-refractivity contribution in [2.45, 2.75) is 20.3 Å². The first-order valence-electron chi connectivity index (χ1n) is 8.52. The minimum Gasteiger partial charge on any atom is -0.484 e. The van der Waals surface area contributed by atoms with Crippen LogP contribution in [-0.2, 0) is 9.59 Å². The number of hydrogen-bond donors (Lipinski definition) is 2. The highest BCUT2D eigenvalue weighted by molar-refractivity contribution is 5.91. The van der Waals surface area contributed by atoms with Gasteiger partial charge in [0.1, 0.15) is 11.6 Å². The highest BCUT2D eigenvalue weighted by Gasteiger charge is 2.04. The molecule has 0 saturated carbocycles. The number of nitrogens with one attached hydrogen (secondary N) is 2. The van der Waals surface area contributed by atoms with Gasteiger partial charge in [0, 0.05) is 12.1 Å². The molecule has 6 nitrogen and oxygen atoms in total. The number of ether oxygens (including phenoxy) is 1. The molecule has 2 N–H and O–H groups in total. The van der Waals surface area contributed by atoms with Gasteiger partial charge in [-0.1, -0.05) is 13.8 Å². The molecule has 142 valence electrons. The van der Waals surface area contributed by atoms with E-state index in [1.165, 1.54) is 30.5 Å². The number of rotatable bonds is 8. The van der Waals surface area contributed by atoms with Gasteiger partial charge in [-0.3, -0.25) is 9.59 Å². The maximum atomic E-state index is 12.8. The maximum absolute atomic E-state index is 12.8. The van der Waals surface area contributed by atoms with Crippen molar-refractivity contribution in [3.8, 4) is 5.75 Å². The fourth-order valence-corrected chi connectivity index (χ4v) is 2.12. The smallest absolute Gasteiger partial charge is 0.262 e. The Balaban J connectivity index is 1.77. The average Bonchev–Trinajstić information content (AvgIpc) is 2.62. The maximum Gasteiger partial charge on any atom is 0.262 e. The van der Waals surface area contributed by atoms with Crippen LogP contribution in [0.4, 0.5) is 10.1 Å². The third-order valence-corrected chi connectivity index (χ3v) is 3.37. The summed E-state index contributed by atoms with van der Waals surface area (Å²) in [6.07, 6.45) is 1.95. The van der Waals surface area contributed by atoms with E-state index in [9.17, 15) is 14.0 Å². The van der Waals surface area contributed by atoms with Gasteiger partial charge >= 0.3 is 0 Å². The second-order valence-electron chi connectivity index (χ2n) is 6.30. The predicted molar refractivity (Wildman–Crippen MR) is 102 cm³/mol. The van der Waals surface area contributed by atoms with Gasteiger partial charge in [-0.05, 0) is 60.0 Å². The molecule has 0 aliphatic rings. The van der Waals surface area contributed by atoms with Crippen LogP contribution < -0.4 is 15.5 Å². The molecule has 0 spiro atoms. The van der Waals surface area contributed by atoms with Gasteiger partial charge in [-0.25, -0.2) is 9.82 Å². The minimum atomic E-state index is -0.368. The predicted octanol–water partition coefficient (Wildman–Crippen LogP) is 3.34. The van der Waals surface area contributed by atoms with Crippen LogP contribution in [-0.4, -0.2) is 24.6 Å². The van der Waals surface area contributed by atoms with E-state index in [1.807, 2.05) is 13.8 Å². The number of hydrazone groups is 1. The van der Waals surface area contributed by atoms with Gasteiger partial charge in [0.15, 0.2) is 6.61 Å². The zero-order valence-corrected chi connectivity index (χ0v) is 15.2. The van der Waals surface area contributed by atoms with Crippen molar-refractivity contribution in [1.29, 1.82) is 0 Å². The third kappa shape index (κ3) is 7.68. The molecule has 7 heteroatoms. The summed E-state index contributed by atoms with van der Waals surface area (Å²) < 4.78 is 18.2. The van der Waals surface area contributed by atoms with E-state index in [4.69, 9.17) is 4.74 Å². The van der Waals surface area contributed by atoms with E-state index in [0.717, 1.165) is 5.56 Å². The van der Waals surface area contributed by atoms with E-state index in [2.05, 4.69) is 15.8 Å². The average molecular weight is 371 g/mol. The molecule has 0 atom stereocenters. The van der Waals surface area contributed by atoms with Crippen LogP contribution in [0.1, 0.15) is 25.8 Å². The number of benzene rings is 2. The molecule has 2 rings (SSSR count). The molecule has 0 unspecified atom stereocenters. The number of halogens is 1. The Labute approximate surface area is 157 Å². The van der Waals surface area contributed by atoms with Crippen LogP contribution >= 0.6 is 0 Å². The monoisotopic (exact) mass is 371 g/mol. The molecule has 0 aliphatic heterocycles. The van der Waals surface area contributed by atoms with Gasteiger partial charge in [0.2, 0.25) is 5.91 Å². The lowest BCUT2D eigenvalue weighted by molar-refractivity contribution is -0.121. The van der Waals surface area contributed by atoms with Gasteiger partial charge < -0.3 is 10.1 Å². The van der Waals surface area contributed by atoms with E-state index in [0.29, 0.717) is 17.9 Å². The van der Waals surface area contributed by atoms with Crippen LogP contribution in [0.5, 0.6) is 5.75 Å². The summed E-state index contributed by atoms with van der Waals surface area (Å²) in [6.45, 7) is 3.75. The van der Waals surface area contributed by atoms with Gasteiger partial charge in [-0.2, -0.15) is 5.10 Å². The molecule has 0 aliphatic carbocycles. The summed E-state index contributed by atoms with van der Waals surface area (Å²) in [5.41, 5.74) is 3.74. The second kappa shape index (κ2) is 10.1. The topological polar surface area (TPSA) is 79.8 Å². The van der Waals surface area contributed by atoms with Crippen molar-refractivity contribution in [3.63, 3.8) is 0 Å². The number of nitrogens with zero attached hydrogens (tertiary/aromatic N) is 1. The number of anilines is 1. The zero-order chi connectivity index (χ0) is 19.6. The number of carbonyl (C=O) groups is 2. The van der Waals surface area contributed by atoms with E-state index in [1.54, 1.807) is 24.3 Å². The van der Waals surface area contributed by atoms with Crippen LogP contribution in [0.15, 0.2) is 53.6 Å². The first kappa shape index (κ1) is 20.1. The Morgan fingerprint density at radius 2 is 1.74 bits per heavy atom. The highest BCUT2D eigenvalue weighted by Crippen LogP contribution is 2.12. The van der Waals surface area contributed by atoms with Crippen LogP contribution in [0.3, 0.4) is 0 Å². The van der Waals surface area contributed by atoms with E-state index in [-0.39, 0.29) is 30.2 Å². The zero-order valence-electron chi connectivity index (χ0n) is 15.2. The Morgan fingerprint density at radius 1 is 1.07 bits per heavy atom. The summed E-state index contributed by atoms with van der Waals surface area (Å²) in [6, 6.07) is 12.4. The summed E-state index contributed by atoms with van der Waals surface area (Å²) in [5.74, 6) is -0.0528. The first-order chi connectivity index (χ1) is 12.9. The Kier molecular flexibility index (Phi) is 7.49. The molecule has 27 heavy (non-hydrogen) atoms. The van der Waals surface area contributed by atoms with E-state index < -0.39 is 0 Å². The molecule has 0 saturated heterocycles. The Morgan fingerprint density at radius 3 is 2.37 bits per heavy atom. The summed E-state index contributed by atoms with van der Waals surface area (Å²) in [4.78, 5) is 23.3. The van der Waals surface area contributed by atoms with Gasteiger partial charge in [-0.15, -0.1) is 0 Å². The molecule has 2 aromatic carbocycles. The highest BCUT2D eigenvalue weighted by atomic mass is 19.1. The third-order valence-electron chi connectivity index (χ3n) is 3.37. The molecular formula is C20H22FN3O3. The van der Waals surface area contributed by atoms with Crippen molar-refractivity contribution in [2.24, 2.45) is 11.0 Å². The van der Waals surface area contributed by atoms with Crippen LogP contribution in [0.2, 0.25) is 0 Å². The minimum absolute atomic E-state index is 0.131. The number of amides is 2. The fraction of sp³-hybridized carbons (Fsp3) is 0.250. The fourth-order valence-electron chi connectivity index (χ4n) is 2.12. The van der Waals surface area contributed by atoms with Crippen LogP contribution in [0, 0.1) is 11.7 Å². The van der Waals surface area contributed by atoms with Crippen molar-refractivity contribution in [2.75, 3.05) is 11.9 Å². The summed E-state index contributed by atoms with van der Waals surface area (Å²) in [7, 11) is 0. The standard InChI is InChI=1S/C20H22FN3O3/c1-14(2)11-19(25)24-22-12-15-3-9-18(10-4-15)27-13-20(26)23-17-7-5-16(21)6-8-17/h3-10,12,14H,11,13H2,1-2H3,(H,23,26)(H,24,25)/b22-12-. The van der Waals surface area contributed by atoms with E-state index >= 15 is 0 Å². The molecule has 0 heterocycles. The Bertz CT molecular complexity index is 787. The normalized spacial score (nSPS) is 10.8. The van der Waals surface area contributed by atoms with Crippen molar-refractivity contribution in [1.82, 2.24) is 5.43 Å². The lowest BCUT2D eigenvalue weighted by Crippen LogP contribution is -2.20. The van der Waals surface area contributed by atoms with Crippen LogP contribution in [0.25, 0.3) is 0 Å². The summed E-state index contributed by atoms with van der Waals surface area (Å²) in [5, 5.41) is 6.51.